The van der Waals surface area contributed by atoms with Crippen LogP contribution in [0.5, 0.6) is 0 Å². The molecular weight excluding hydrogens is 472 g/mol. The highest BCUT2D eigenvalue weighted by Crippen LogP contribution is 2.30. The number of ketones is 1. The van der Waals surface area contributed by atoms with Crippen LogP contribution in [-0.4, -0.2) is 35.6 Å². The van der Waals surface area contributed by atoms with Crippen LogP contribution in [0.4, 0.5) is 11.4 Å². The average Bonchev–Trinajstić information content (AvgIpc) is 3.09. The number of hydrogen-bond donors (Lipinski definition) is 1. The van der Waals surface area contributed by atoms with Crippen LogP contribution < -0.4 is 10.2 Å². The number of imide groups is 1. The van der Waals surface area contributed by atoms with Crippen LogP contribution in [0.2, 0.25) is 5.02 Å². The normalized spacial score (nSPS) is 13.3. The molecule has 1 atom stereocenters. The molecule has 0 fully saturated rings. The predicted octanol–water partition coefficient (Wildman–Crippen LogP) is 4.53. The fourth-order valence-corrected chi connectivity index (χ4v) is 3.63. The fourth-order valence-electron chi connectivity index (χ4n) is 3.51. The quantitative estimate of drug-likeness (QED) is 0.309. The first-order valence-corrected chi connectivity index (χ1v) is 10.9. The van der Waals surface area contributed by atoms with E-state index in [2.05, 4.69) is 5.32 Å². The number of carbonyl (C=O) groups is 5. The second kappa shape index (κ2) is 9.52. The minimum absolute atomic E-state index is 0.0216. The molecule has 8 nitrogen and oxygen atoms in total. The maximum absolute atomic E-state index is 12.9. The third kappa shape index (κ3) is 4.83. The molecule has 0 aliphatic carbocycles. The Morgan fingerprint density at radius 3 is 2.09 bits per heavy atom. The standard InChI is InChI=1S/C26H19ClN2O6/c1-14(30)16-3-8-19(9-4-16)28-23(31)15(2)35-26(34)17-5-12-21-22(13-17)25(33)29(24(21)32)20-10-6-18(27)7-11-20/h3-13,15H,1-2H3,(H,28,31). The van der Waals surface area contributed by atoms with Crippen LogP contribution in [0.15, 0.2) is 66.7 Å². The van der Waals surface area contributed by atoms with Gasteiger partial charge >= 0.3 is 5.97 Å². The van der Waals surface area contributed by atoms with Crippen molar-refractivity contribution < 1.29 is 28.7 Å². The summed E-state index contributed by atoms with van der Waals surface area (Å²) < 4.78 is 5.25. The topological polar surface area (TPSA) is 110 Å². The van der Waals surface area contributed by atoms with Crippen LogP contribution in [-0.2, 0) is 9.53 Å². The van der Waals surface area contributed by atoms with E-state index in [1.807, 2.05) is 0 Å². The van der Waals surface area contributed by atoms with Gasteiger partial charge in [0.05, 0.1) is 22.4 Å². The molecule has 35 heavy (non-hydrogen) atoms. The molecule has 3 aromatic carbocycles. The van der Waals surface area contributed by atoms with Gasteiger partial charge in [-0.3, -0.25) is 19.2 Å². The third-order valence-electron chi connectivity index (χ3n) is 5.42. The van der Waals surface area contributed by atoms with Crippen molar-refractivity contribution in [1.82, 2.24) is 0 Å². The SMILES string of the molecule is CC(=O)c1ccc(NC(=O)C(C)OC(=O)c2ccc3c(c2)C(=O)N(c2ccc(Cl)cc2)C3=O)cc1. The lowest BCUT2D eigenvalue weighted by Gasteiger charge is -2.14. The Morgan fingerprint density at radius 1 is 0.857 bits per heavy atom. The van der Waals surface area contributed by atoms with Gasteiger partial charge in [0.2, 0.25) is 0 Å². The number of carbonyl (C=O) groups excluding carboxylic acids is 5. The maximum atomic E-state index is 12.9. The molecule has 4 rings (SSSR count). The Kier molecular flexibility index (Phi) is 6.48. The summed E-state index contributed by atoms with van der Waals surface area (Å²) >= 11 is 5.88. The van der Waals surface area contributed by atoms with Gasteiger partial charge in [-0.25, -0.2) is 9.69 Å². The van der Waals surface area contributed by atoms with Crippen molar-refractivity contribution in [2.24, 2.45) is 0 Å². The number of benzene rings is 3. The lowest BCUT2D eigenvalue weighted by molar-refractivity contribution is -0.123. The van der Waals surface area contributed by atoms with Crippen LogP contribution in [0, 0.1) is 0 Å². The Morgan fingerprint density at radius 2 is 1.46 bits per heavy atom. The predicted molar refractivity (Wildman–Crippen MR) is 129 cm³/mol. The number of hydrogen-bond acceptors (Lipinski definition) is 6. The van der Waals surface area contributed by atoms with E-state index in [0.29, 0.717) is 22.0 Å². The molecule has 1 unspecified atom stereocenters. The van der Waals surface area contributed by atoms with Gasteiger partial charge in [-0.05, 0) is 80.6 Å². The van der Waals surface area contributed by atoms with Gasteiger partial charge < -0.3 is 10.1 Å². The molecule has 0 spiro atoms. The first kappa shape index (κ1) is 23.8. The van der Waals surface area contributed by atoms with E-state index < -0.39 is 29.8 Å². The monoisotopic (exact) mass is 490 g/mol. The lowest BCUT2D eigenvalue weighted by atomic mass is 10.1. The first-order valence-electron chi connectivity index (χ1n) is 10.6. The molecule has 1 heterocycles. The number of ether oxygens (including phenoxy) is 1. The molecule has 9 heteroatoms. The van der Waals surface area contributed by atoms with Crippen molar-refractivity contribution in [3.63, 3.8) is 0 Å². The average molecular weight is 491 g/mol. The Bertz CT molecular complexity index is 1370. The van der Waals surface area contributed by atoms with Crippen molar-refractivity contribution in [2.75, 3.05) is 10.2 Å². The fraction of sp³-hybridized carbons (Fsp3) is 0.115. The number of halogens is 1. The highest BCUT2D eigenvalue weighted by molar-refractivity contribution is 6.35. The van der Waals surface area contributed by atoms with Crippen LogP contribution in [0.3, 0.4) is 0 Å². The summed E-state index contributed by atoms with van der Waals surface area (Å²) in [4.78, 5) is 63.1. The molecule has 3 aromatic rings. The molecule has 0 radical (unpaired) electrons. The first-order chi connectivity index (χ1) is 16.7. The van der Waals surface area contributed by atoms with E-state index in [0.717, 1.165) is 4.90 Å². The summed E-state index contributed by atoms with van der Waals surface area (Å²) in [5.41, 5.74) is 1.52. The van der Waals surface area contributed by atoms with Gasteiger partial charge in [-0.15, -0.1) is 0 Å². The molecule has 0 bridgehead atoms. The zero-order valence-electron chi connectivity index (χ0n) is 18.7. The van der Waals surface area contributed by atoms with Gasteiger partial charge in [-0.2, -0.15) is 0 Å². The molecule has 1 aliphatic heterocycles. The second-order valence-corrected chi connectivity index (χ2v) is 8.29. The summed E-state index contributed by atoms with van der Waals surface area (Å²) in [6, 6.07) is 16.5. The lowest BCUT2D eigenvalue weighted by Crippen LogP contribution is -2.30. The molecule has 0 saturated carbocycles. The minimum Gasteiger partial charge on any atom is -0.449 e. The van der Waals surface area contributed by atoms with Crippen molar-refractivity contribution in [2.45, 2.75) is 20.0 Å². The molecule has 0 saturated heterocycles. The zero-order chi connectivity index (χ0) is 25.3. The van der Waals surface area contributed by atoms with E-state index >= 15 is 0 Å². The van der Waals surface area contributed by atoms with E-state index in [4.69, 9.17) is 16.3 Å². The van der Waals surface area contributed by atoms with Gasteiger partial charge in [0.1, 0.15) is 0 Å². The summed E-state index contributed by atoms with van der Waals surface area (Å²) in [5, 5.41) is 3.06. The number of nitrogens with zero attached hydrogens (tertiary/aromatic N) is 1. The van der Waals surface area contributed by atoms with Crippen molar-refractivity contribution in [3.05, 3.63) is 94.0 Å². The minimum atomic E-state index is -1.15. The van der Waals surface area contributed by atoms with Crippen molar-refractivity contribution >= 4 is 52.4 Å². The summed E-state index contributed by atoms with van der Waals surface area (Å²) in [6.45, 7) is 2.84. The molecule has 0 aromatic heterocycles. The van der Waals surface area contributed by atoms with Gasteiger partial charge in [0.25, 0.3) is 17.7 Å². The largest absolute Gasteiger partial charge is 0.449 e. The van der Waals surface area contributed by atoms with E-state index in [9.17, 15) is 24.0 Å². The number of esters is 1. The number of nitrogens with one attached hydrogen (secondary N) is 1. The number of Topliss-reactive ketones (excluding diaryl/α,β-unsaturated/α-hetero) is 1. The summed E-state index contributed by atoms with van der Waals surface area (Å²) in [6.07, 6.45) is -1.15. The Labute approximate surface area is 205 Å². The maximum Gasteiger partial charge on any atom is 0.338 e. The van der Waals surface area contributed by atoms with Gasteiger partial charge in [0, 0.05) is 16.3 Å². The van der Waals surface area contributed by atoms with Crippen LogP contribution in [0.1, 0.15) is 55.3 Å². The second-order valence-electron chi connectivity index (χ2n) is 7.85. The van der Waals surface area contributed by atoms with Crippen molar-refractivity contribution in [1.29, 1.82) is 0 Å². The smallest absolute Gasteiger partial charge is 0.338 e. The third-order valence-corrected chi connectivity index (χ3v) is 5.67. The summed E-state index contributed by atoms with van der Waals surface area (Å²) in [7, 11) is 0. The van der Waals surface area contributed by atoms with Crippen LogP contribution >= 0.6 is 11.6 Å². The number of anilines is 2. The molecule has 3 amide bonds. The van der Waals surface area contributed by atoms with E-state index in [1.54, 1.807) is 48.5 Å². The van der Waals surface area contributed by atoms with Gasteiger partial charge in [0.15, 0.2) is 11.9 Å². The molecule has 1 aliphatic rings. The van der Waals surface area contributed by atoms with E-state index in [1.165, 1.54) is 32.0 Å². The number of fused-ring (bicyclic) bond motifs is 1. The van der Waals surface area contributed by atoms with Gasteiger partial charge in [-0.1, -0.05) is 11.6 Å². The highest BCUT2D eigenvalue weighted by Gasteiger charge is 2.37. The Balaban J connectivity index is 1.45. The highest BCUT2D eigenvalue weighted by atomic mass is 35.5. The van der Waals surface area contributed by atoms with Crippen molar-refractivity contribution in [3.8, 4) is 0 Å². The molecule has 176 valence electrons. The Hall–Kier alpha value is -4.30. The zero-order valence-corrected chi connectivity index (χ0v) is 19.5. The summed E-state index contributed by atoms with van der Waals surface area (Å²) in [5.74, 6) is -2.60. The van der Waals surface area contributed by atoms with E-state index in [-0.39, 0.29) is 22.5 Å². The van der Waals surface area contributed by atoms with Crippen LogP contribution in [0.25, 0.3) is 0 Å². The number of amides is 3. The molecular formula is C26H19ClN2O6. The molecule has 1 N–H and O–H groups in total. The number of rotatable bonds is 6.